The number of amides is 1. The van der Waals surface area contributed by atoms with E-state index in [1.54, 1.807) is 23.7 Å². The van der Waals surface area contributed by atoms with Gasteiger partial charge in [0.05, 0.1) is 5.69 Å². The zero-order valence-corrected chi connectivity index (χ0v) is 12.1. The molecule has 0 atom stereocenters. The Morgan fingerprint density at radius 2 is 2.14 bits per heavy atom. The maximum absolute atomic E-state index is 11.9. The van der Waals surface area contributed by atoms with E-state index in [4.69, 9.17) is 0 Å². The molecule has 3 aromatic heterocycles. The molecule has 6 heteroatoms. The molecule has 0 unspecified atom stereocenters. The number of carbonyl (C=O) groups is 1. The minimum absolute atomic E-state index is 0.0313. The number of nitrogens with zero attached hydrogens (tertiary/aromatic N) is 2. The molecule has 0 saturated heterocycles. The first-order chi connectivity index (χ1) is 10.3. The molecule has 5 nitrogen and oxygen atoms in total. The smallest absolute Gasteiger partial charge is 0.225 e. The molecule has 21 heavy (non-hydrogen) atoms. The van der Waals surface area contributed by atoms with Crippen LogP contribution in [0.25, 0.3) is 11.3 Å². The van der Waals surface area contributed by atoms with Gasteiger partial charge in [0, 0.05) is 35.3 Å². The van der Waals surface area contributed by atoms with Gasteiger partial charge in [0.15, 0.2) is 5.82 Å². The van der Waals surface area contributed by atoms with Crippen molar-refractivity contribution in [2.45, 2.75) is 12.8 Å². The Bertz CT molecular complexity index is 706. The van der Waals surface area contributed by atoms with Crippen LogP contribution in [-0.2, 0) is 11.2 Å². The van der Waals surface area contributed by atoms with Crippen molar-refractivity contribution in [2.75, 3.05) is 5.32 Å². The molecule has 0 spiro atoms. The third-order valence-electron chi connectivity index (χ3n) is 3.02. The Morgan fingerprint density at radius 1 is 1.29 bits per heavy atom. The van der Waals surface area contributed by atoms with Gasteiger partial charge in [0.25, 0.3) is 0 Å². The highest BCUT2D eigenvalue weighted by Crippen LogP contribution is 2.19. The largest absolute Gasteiger partial charge is 0.309 e. The average Bonchev–Trinajstić information content (AvgIpc) is 3.17. The van der Waals surface area contributed by atoms with Crippen molar-refractivity contribution in [3.63, 3.8) is 0 Å². The molecule has 1 amide bonds. The van der Waals surface area contributed by atoms with E-state index < -0.39 is 0 Å². The number of anilines is 1. The molecule has 0 aromatic carbocycles. The van der Waals surface area contributed by atoms with E-state index in [1.165, 1.54) is 4.88 Å². The maximum atomic E-state index is 11.9. The predicted molar refractivity (Wildman–Crippen MR) is 83.1 cm³/mol. The predicted octanol–water partition coefficient (Wildman–Crippen LogP) is 3.10. The van der Waals surface area contributed by atoms with Crippen molar-refractivity contribution >= 4 is 23.1 Å². The molecule has 0 aliphatic rings. The number of hydrogen-bond donors (Lipinski definition) is 2. The lowest BCUT2D eigenvalue weighted by Gasteiger charge is -2.00. The van der Waals surface area contributed by atoms with Crippen molar-refractivity contribution in [1.29, 1.82) is 0 Å². The quantitative estimate of drug-likeness (QED) is 0.760. The topological polar surface area (TPSA) is 70.7 Å². The van der Waals surface area contributed by atoms with Crippen LogP contribution >= 0.6 is 11.3 Å². The van der Waals surface area contributed by atoms with E-state index in [1.807, 2.05) is 35.7 Å². The minimum Gasteiger partial charge on any atom is -0.309 e. The van der Waals surface area contributed by atoms with Gasteiger partial charge in [0.1, 0.15) is 0 Å². The number of carbonyl (C=O) groups excluding carboxylic acids is 1. The first kappa shape index (κ1) is 13.5. The zero-order valence-electron chi connectivity index (χ0n) is 11.2. The second-order valence-corrected chi connectivity index (χ2v) is 5.56. The third kappa shape index (κ3) is 3.55. The van der Waals surface area contributed by atoms with Gasteiger partial charge in [-0.15, -0.1) is 11.3 Å². The van der Waals surface area contributed by atoms with Crippen LogP contribution in [0.15, 0.2) is 48.1 Å². The summed E-state index contributed by atoms with van der Waals surface area (Å²) in [5.41, 5.74) is 1.84. The number of aryl methyl sites for hydroxylation is 1. The van der Waals surface area contributed by atoms with E-state index in [0.717, 1.165) is 17.7 Å². The van der Waals surface area contributed by atoms with E-state index in [9.17, 15) is 4.79 Å². The van der Waals surface area contributed by atoms with E-state index >= 15 is 0 Å². The fourth-order valence-corrected chi connectivity index (χ4v) is 2.67. The Labute approximate surface area is 126 Å². The summed E-state index contributed by atoms with van der Waals surface area (Å²) in [5.74, 6) is 0.508. The summed E-state index contributed by atoms with van der Waals surface area (Å²) >= 11 is 1.66. The number of H-pyrrole nitrogens is 1. The third-order valence-corrected chi connectivity index (χ3v) is 3.95. The minimum atomic E-state index is -0.0313. The van der Waals surface area contributed by atoms with Crippen LogP contribution in [0.2, 0.25) is 0 Å². The first-order valence-corrected chi connectivity index (χ1v) is 7.47. The number of aromatic amines is 1. The molecule has 3 rings (SSSR count). The highest BCUT2D eigenvalue weighted by Gasteiger charge is 2.07. The average molecular weight is 298 g/mol. The molecule has 0 radical (unpaired) electrons. The second kappa shape index (κ2) is 6.32. The van der Waals surface area contributed by atoms with E-state index in [2.05, 4.69) is 20.5 Å². The summed E-state index contributed by atoms with van der Waals surface area (Å²) in [7, 11) is 0. The van der Waals surface area contributed by atoms with Gasteiger partial charge in [-0.2, -0.15) is 5.10 Å². The monoisotopic (exact) mass is 298 g/mol. The first-order valence-electron chi connectivity index (χ1n) is 6.59. The van der Waals surface area contributed by atoms with Crippen molar-refractivity contribution in [3.05, 3.63) is 53.0 Å². The number of aromatic nitrogens is 3. The van der Waals surface area contributed by atoms with Gasteiger partial charge in [-0.05, 0) is 30.0 Å². The maximum Gasteiger partial charge on any atom is 0.225 e. The van der Waals surface area contributed by atoms with Crippen LogP contribution in [-0.4, -0.2) is 21.1 Å². The lowest BCUT2D eigenvalue weighted by Crippen LogP contribution is -2.12. The number of thiophene rings is 1. The zero-order chi connectivity index (χ0) is 14.5. The summed E-state index contributed by atoms with van der Waals surface area (Å²) in [6.07, 6.45) is 4.65. The molecule has 0 aliphatic carbocycles. The van der Waals surface area contributed by atoms with E-state index in [-0.39, 0.29) is 5.91 Å². The molecule has 3 heterocycles. The fourth-order valence-electron chi connectivity index (χ4n) is 1.96. The van der Waals surface area contributed by atoms with Crippen LogP contribution in [0.5, 0.6) is 0 Å². The van der Waals surface area contributed by atoms with Crippen LogP contribution in [0.4, 0.5) is 5.82 Å². The van der Waals surface area contributed by atoms with Crippen molar-refractivity contribution in [1.82, 2.24) is 15.2 Å². The Hall–Kier alpha value is -2.47. The molecule has 0 bridgehead atoms. The molecule has 0 saturated carbocycles. The molecule has 0 aliphatic heterocycles. The van der Waals surface area contributed by atoms with Crippen molar-refractivity contribution in [3.8, 4) is 11.3 Å². The number of rotatable bonds is 5. The van der Waals surface area contributed by atoms with Gasteiger partial charge in [-0.3, -0.25) is 14.9 Å². The molecule has 2 N–H and O–H groups in total. The van der Waals surface area contributed by atoms with Gasteiger partial charge in [-0.1, -0.05) is 6.07 Å². The van der Waals surface area contributed by atoms with E-state index in [0.29, 0.717) is 12.2 Å². The molecular formula is C15H14N4OS. The summed E-state index contributed by atoms with van der Waals surface area (Å²) < 4.78 is 0. The number of nitrogens with one attached hydrogen (secondary N) is 2. The lowest BCUT2D eigenvalue weighted by atomic mass is 10.2. The Morgan fingerprint density at radius 3 is 2.90 bits per heavy atom. The fraction of sp³-hybridized carbons (Fsp3) is 0.133. The highest BCUT2D eigenvalue weighted by atomic mass is 32.1. The number of pyridine rings is 1. The molecule has 3 aromatic rings. The molecular weight excluding hydrogens is 284 g/mol. The van der Waals surface area contributed by atoms with Crippen LogP contribution in [0.3, 0.4) is 0 Å². The van der Waals surface area contributed by atoms with Gasteiger partial charge in [-0.25, -0.2) is 0 Å². The van der Waals surface area contributed by atoms with Crippen LogP contribution in [0, 0.1) is 0 Å². The highest BCUT2D eigenvalue weighted by molar-refractivity contribution is 7.09. The van der Waals surface area contributed by atoms with Gasteiger partial charge in [0.2, 0.25) is 5.91 Å². The summed E-state index contributed by atoms with van der Waals surface area (Å²) in [4.78, 5) is 17.1. The van der Waals surface area contributed by atoms with Crippen LogP contribution in [0.1, 0.15) is 11.3 Å². The summed E-state index contributed by atoms with van der Waals surface area (Å²) in [6.45, 7) is 0. The standard InChI is InChI=1S/C15H14N4OS/c20-15(4-3-12-2-1-9-21-12)17-14-10-13(18-19-14)11-5-7-16-8-6-11/h1-2,5-10H,3-4H2,(H2,17,18,19,20). The van der Waals surface area contributed by atoms with Gasteiger partial charge >= 0.3 is 0 Å². The Kier molecular flexibility index (Phi) is 4.07. The second-order valence-electron chi connectivity index (χ2n) is 4.53. The number of hydrogen-bond acceptors (Lipinski definition) is 4. The Balaban J connectivity index is 1.58. The normalized spacial score (nSPS) is 10.5. The van der Waals surface area contributed by atoms with Crippen molar-refractivity contribution < 1.29 is 4.79 Å². The molecule has 0 fully saturated rings. The van der Waals surface area contributed by atoms with Crippen LogP contribution < -0.4 is 5.32 Å². The van der Waals surface area contributed by atoms with Crippen molar-refractivity contribution in [2.24, 2.45) is 0 Å². The summed E-state index contributed by atoms with van der Waals surface area (Å²) in [5, 5.41) is 11.8. The van der Waals surface area contributed by atoms with Gasteiger partial charge < -0.3 is 5.32 Å². The summed E-state index contributed by atoms with van der Waals surface area (Å²) in [6, 6.07) is 9.62. The lowest BCUT2D eigenvalue weighted by molar-refractivity contribution is -0.116. The molecule has 106 valence electrons. The SMILES string of the molecule is O=C(CCc1cccs1)Nc1cc(-c2ccncc2)[nH]n1.